The SMILES string of the molecule is COc1cc(Oc2cnc3nc(NC(=O)c4cnc(C)cc4-c4cc(Cl)ncc4OC)sc3n2)ccc1Cl. The Morgan fingerprint density at radius 1 is 0.921 bits per heavy atom. The van der Waals surface area contributed by atoms with E-state index in [1.54, 1.807) is 30.3 Å². The Labute approximate surface area is 230 Å². The molecule has 0 atom stereocenters. The van der Waals surface area contributed by atoms with Crippen LogP contribution < -0.4 is 19.5 Å². The summed E-state index contributed by atoms with van der Waals surface area (Å²) in [7, 11) is 3.03. The zero-order valence-corrected chi connectivity index (χ0v) is 22.5. The number of thiazole rings is 1. The molecule has 0 saturated heterocycles. The topological polar surface area (TPSA) is 121 Å². The molecule has 4 heterocycles. The second-order valence-corrected chi connectivity index (χ2v) is 9.56. The molecule has 0 spiro atoms. The van der Waals surface area contributed by atoms with Gasteiger partial charge in [-0.1, -0.05) is 34.5 Å². The van der Waals surface area contributed by atoms with Gasteiger partial charge in [-0.3, -0.25) is 15.1 Å². The van der Waals surface area contributed by atoms with Crippen LogP contribution in [0.25, 0.3) is 21.6 Å². The molecule has 0 aliphatic rings. The van der Waals surface area contributed by atoms with E-state index >= 15 is 0 Å². The van der Waals surface area contributed by atoms with Crippen molar-refractivity contribution in [2.24, 2.45) is 0 Å². The number of pyridine rings is 2. The standard InChI is InChI=1S/C25H18Cl2N6O4S/c1-12-6-14(15-8-20(27)29-10-19(15)36-3)16(9-28-12)23(34)33-25-32-22-24(38-25)31-21(11-30-22)37-13-4-5-17(26)18(7-13)35-2/h4-11H,1-3H3,(H,30,32,33,34). The van der Waals surface area contributed by atoms with Gasteiger partial charge in [-0.05, 0) is 31.2 Å². The summed E-state index contributed by atoms with van der Waals surface area (Å²) in [6.45, 7) is 1.82. The van der Waals surface area contributed by atoms with Gasteiger partial charge in [0.15, 0.2) is 15.6 Å². The normalized spacial score (nSPS) is 10.9. The molecule has 0 saturated carbocycles. The lowest BCUT2D eigenvalue weighted by Gasteiger charge is -2.13. The summed E-state index contributed by atoms with van der Waals surface area (Å²) in [4.78, 5) is 35.3. The molecule has 0 unspecified atom stereocenters. The summed E-state index contributed by atoms with van der Waals surface area (Å²) in [5.41, 5.74) is 2.57. The summed E-state index contributed by atoms with van der Waals surface area (Å²) in [6, 6.07) is 8.40. The number of rotatable bonds is 7. The minimum absolute atomic E-state index is 0.245. The summed E-state index contributed by atoms with van der Waals surface area (Å²) in [5.74, 6) is 1.23. The zero-order valence-electron chi connectivity index (χ0n) is 20.2. The molecule has 0 bridgehead atoms. The largest absolute Gasteiger partial charge is 0.495 e. The van der Waals surface area contributed by atoms with Crippen molar-refractivity contribution in [3.8, 4) is 34.3 Å². The molecule has 13 heteroatoms. The average Bonchev–Trinajstić information content (AvgIpc) is 3.31. The average molecular weight is 569 g/mol. The third-order valence-electron chi connectivity index (χ3n) is 5.30. The highest BCUT2D eigenvalue weighted by Gasteiger charge is 2.20. The van der Waals surface area contributed by atoms with E-state index in [9.17, 15) is 4.79 Å². The van der Waals surface area contributed by atoms with Gasteiger partial charge in [-0.2, -0.15) is 9.97 Å². The number of methoxy groups -OCH3 is 2. The fourth-order valence-electron chi connectivity index (χ4n) is 3.55. The first kappa shape index (κ1) is 25.6. The van der Waals surface area contributed by atoms with Crippen LogP contribution in [-0.4, -0.2) is 45.0 Å². The fourth-order valence-corrected chi connectivity index (χ4v) is 4.69. The molecule has 4 aromatic heterocycles. The minimum atomic E-state index is -0.425. The lowest BCUT2D eigenvalue weighted by Crippen LogP contribution is -2.14. The van der Waals surface area contributed by atoms with E-state index in [4.69, 9.17) is 37.4 Å². The monoisotopic (exact) mass is 568 g/mol. The Balaban J connectivity index is 1.42. The quantitative estimate of drug-likeness (QED) is 0.228. The number of anilines is 1. The van der Waals surface area contributed by atoms with Crippen LogP contribution in [0.1, 0.15) is 16.1 Å². The Bertz CT molecular complexity index is 1680. The van der Waals surface area contributed by atoms with E-state index in [0.717, 1.165) is 11.3 Å². The van der Waals surface area contributed by atoms with Crippen LogP contribution in [0.2, 0.25) is 10.2 Å². The Kier molecular flexibility index (Phi) is 7.23. The van der Waals surface area contributed by atoms with Crippen molar-refractivity contribution >= 4 is 56.1 Å². The molecule has 5 aromatic rings. The molecule has 0 fully saturated rings. The number of benzene rings is 1. The number of carbonyl (C=O) groups is 1. The number of hydrogen-bond donors (Lipinski definition) is 1. The highest BCUT2D eigenvalue weighted by atomic mass is 35.5. The maximum atomic E-state index is 13.3. The van der Waals surface area contributed by atoms with Crippen LogP contribution in [0.15, 0.2) is 48.9 Å². The van der Waals surface area contributed by atoms with Gasteiger partial charge in [0.25, 0.3) is 5.91 Å². The number of ether oxygens (including phenoxy) is 3. The molecule has 0 aliphatic carbocycles. The first-order chi connectivity index (χ1) is 18.3. The lowest BCUT2D eigenvalue weighted by molar-refractivity contribution is 0.102. The van der Waals surface area contributed by atoms with Crippen LogP contribution >= 0.6 is 34.5 Å². The lowest BCUT2D eigenvalue weighted by atomic mass is 10.0. The highest BCUT2D eigenvalue weighted by Crippen LogP contribution is 2.35. The molecule has 5 rings (SSSR count). The number of fused-ring (bicyclic) bond motifs is 1. The van der Waals surface area contributed by atoms with Crippen molar-refractivity contribution in [2.45, 2.75) is 6.92 Å². The number of halogens is 2. The molecule has 0 radical (unpaired) electrons. The van der Waals surface area contributed by atoms with Gasteiger partial charge >= 0.3 is 0 Å². The van der Waals surface area contributed by atoms with Crippen LogP contribution in [0.3, 0.4) is 0 Å². The van der Waals surface area contributed by atoms with E-state index in [1.165, 1.54) is 32.8 Å². The number of nitrogens with one attached hydrogen (secondary N) is 1. The molecule has 192 valence electrons. The maximum absolute atomic E-state index is 13.3. The third kappa shape index (κ3) is 5.30. The maximum Gasteiger partial charge on any atom is 0.259 e. The van der Waals surface area contributed by atoms with Crippen LogP contribution in [0, 0.1) is 6.92 Å². The molecular formula is C25H18Cl2N6O4S. The smallest absolute Gasteiger partial charge is 0.259 e. The van der Waals surface area contributed by atoms with Crippen molar-refractivity contribution in [3.05, 3.63) is 70.4 Å². The van der Waals surface area contributed by atoms with Gasteiger partial charge in [-0.15, -0.1) is 0 Å². The van der Waals surface area contributed by atoms with Crippen LogP contribution in [-0.2, 0) is 0 Å². The van der Waals surface area contributed by atoms with Gasteiger partial charge in [0, 0.05) is 29.1 Å². The van der Waals surface area contributed by atoms with Crippen molar-refractivity contribution in [2.75, 3.05) is 19.5 Å². The predicted octanol–water partition coefficient (Wildman–Crippen LogP) is 6.22. The van der Waals surface area contributed by atoms with Crippen LogP contribution in [0.5, 0.6) is 23.1 Å². The van der Waals surface area contributed by atoms with Crippen molar-refractivity contribution in [1.82, 2.24) is 24.9 Å². The predicted molar refractivity (Wildman–Crippen MR) is 145 cm³/mol. The number of aromatic nitrogens is 5. The van der Waals surface area contributed by atoms with Crippen LogP contribution in [0.4, 0.5) is 5.13 Å². The highest BCUT2D eigenvalue weighted by molar-refractivity contribution is 7.21. The molecular weight excluding hydrogens is 551 g/mol. The van der Waals surface area contributed by atoms with Gasteiger partial charge in [0.2, 0.25) is 5.88 Å². The van der Waals surface area contributed by atoms with E-state index < -0.39 is 5.91 Å². The van der Waals surface area contributed by atoms with Gasteiger partial charge in [0.05, 0.1) is 37.2 Å². The van der Waals surface area contributed by atoms with Crippen molar-refractivity contribution in [1.29, 1.82) is 0 Å². The first-order valence-electron chi connectivity index (χ1n) is 11.0. The van der Waals surface area contributed by atoms with E-state index in [1.807, 2.05) is 6.92 Å². The van der Waals surface area contributed by atoms with E-state index in [2.05, 4.69) is 30.2 Å². The van der Waals surface area contributed by atoms with Gasteiger partial charge in [0.1, 0.15) is 22.4 Å². The number of nitrogens with zero attached hydrogens (tertiary/aromatic N) is 5. The third-order valence-corrected chi connectivity index (χ3v) is 6.67. The fraction of sp³-hybridized carbons (Fsp3) is 0.120. The Hall–Kier alpha value is -4.06. The van der Waals surface area contributed by atoms with E-state index in [0.29, 0.717) is 60.3 Å². The molecule has 38 heavy (non-hydrogen) atoms. The molecule has 0 aliphatic heterocycles. The molecule has 1 amide bonds. The summed E-state index contributed by atoms with van der Waals surface area (Å²) in [6.07, 6.45) is 4.43. The second-order valence-electron chi connectivity index (χ2n) is 7.79. The van der Waals surface area contributed by atoms with Crippen molar-refractivity contribution in [3.63, 3.8) is 0 Å². The Morgan fingerprint density at radius 2 is 1.74 bits per heavy atom. The number of amides is 1. The second kappa shape index (κ2) is 10.7. The number of hydrogen-bond acceptors (Lipinski definition) is 10. The summed E-state index contributed by atoms with van der Waals surface area (Å²) in [5, 5.41) is 3.84. The minimum Gasteiger partial charge on any atom is -0.495 e. The van der Waals surface area contributed by atoms with Crippen molar-refractivity contribution < 1.29 is 19.0 Å². The summed E-state index contributed by atoms with van der Waals surface area (Å²) < 4.78 is 16.4. The van der Waals surface area contributed by atoms with E-state index in [-0.39, 0.29) is 11.0 Å². The Morgan fingerprint density at radius 3 is 2.53 bits per heavy atom. The summed E-state index contributed by atoms with van der Waals surface area (Å²) >= 11 is 13.4. The van der Waals surface area contributed by atoms with Gasteiger partial charge in [-0.25, -0.2) is 9.97 Å². The number of aryl methyl sites for hydroxylation is 1. The molecule has 1 N–H and O–H groups in total. The first-order valence-corrected chi connectivity index (χ1v) is 12.5. The molecule has 1 aromatic carbocycles. The molecule has 10 nitrogen and oxygen atoms in total. The van der Waals surface area contributed by atoms with Gasteiger partial charge < -0.3 is 14.2 Å². The zero-order chi connectivity index (χ0) is 26.8. The number of carbonyl (C=O) groups excluding carboxylic acids is 1.